The summed E-state index contributed by atoms with van der Waals surface area (Å²) in [7, 11) is 0. The second-order valence-corrected chi connectivity index (χ2v) is 21.0. The normalized spacial score (nSPS) is 12.0. The molecule has 0 fully saturated rings. The van der Waals surface area contributed by atoms with E-state index < -0.39 is 0 Å². The van der Waals surface area contributed by atoms with Crippen molar-refractivity contribution in [2.24, 2.45) is 0 Å². The van der Waals surface area contributed by atoms with Gasteiger partial charge in [0.2, 0.25) is 0 Å². The molecule has 0 atom stereocenters. The summed E-state index contributed by atoms with van der Waals surface area (Å²) in [5.74, 6) is 0. The monoisotopic (exact) mass is 1210 g/mol. The molecule has 87 heavy (non-hydrogen) atoms. The largest absolute Gasteiger partial charge is 2.00 e. The summed E-state index contributed by atoms with van der Waals surface area (Å²) in [6.07, 6.45) is 16.7. The molecule has 12 aromatic rings. The minimum absolute atomic E-state index is 0. The first kappa shape index (κ1) is 54.4. The van der Waals surface area contributed by atoms with Crippen molar-refractivity contribution < 1.29 is 36.0 Å². The van der Waals surface area contributed by atoms with Crippen LogP contribution in [-0.2, 0) is 36.0 Å². The number of nitrogens with zero attached hydrogens (tertiary/aromatic N) is 8. The van der Waals surface area contributed by atoms with Crippen LogP contribution in [0.1, 0.15) is 45.6 Å². The Morgan fingerprint density at radius 3 is 0.598 bits per heavy atom. The van der Waals surface area contributed by atoms with E-state index in [2.05, 4.69) is 248 Å². The summed E-state index contributed by atoms with van der Waals surface area (Å²) in [6, 6.07) is 78.9. The third-order valence-electron chi connectivity index (χ3n) is 15.8. The molecule has 1 N–H and O–H groups in total. The summed E-state index contributed by atoms with van der Waals surface area (Å²) in [5.41, 5.74) is 24.7. The van der Waals surface area contributed by atoms with Gasteiger partial charge in [0.1, 0.15) is 0 Å². The van der Waals surface area contributed by atoms with Crippen LogP contribution in [0.2, 0.25) is 0 Å². The van der Waals surface area contributed by atoms with Crippen molar-refractivity contribution >= 4 is 104 Å². The van der Waals surface area contributed by atoms with Crippen molar-refractivity contribution in [1.82, 2.24) is 39.9 Å². The molecule has 6 aromatic heterocycles. The smallest absolute Gasteiger partial charge is 0.657 e. The van der Waals surface area contributed by atoms with E-state index in [1.807, 2.05) is 36.4 Å². The van der Waals surface area contributed by atoms with Crippen LogP contribution >= 0.6 is 0 Å². The van der Waals surface area contributed by atoms with E-state index in [1.54, 1.807) is 0 Å². The average molecular weight is 1210 g/mol. The van der Waals surface area contributed by atoms with Gasteiger partial charge in [-0.1, -0.05) is 231 Å². The average Bonchev–Trinajstić information content (AvgIpc) is 2.03. The molecule has 0 aliphatic carbocycles. The molecule has 0 amide bonds. The zero-order valence-corrected chi connectivity index (χ0v) is 50.6. The number of aromatic nitrogens is 8. The van der Waals surface area contributed by atoms with Gasteiger partial charge >= 0.3 is 36.0 Å². The van der Waals surface area contributed by atoms with Gasteiger partial charge in [-0.3, -0.25) is 0 Å². The Bertz CT molecular complexity index is 4720. The second-order valence-electron chi connectivity index (χ2n) is 21.0. The summed E-state index contributed by atoms with van der Waals surface area (Å²) < 4.78 is 0. The molecule has 10 heterocycles. The molecule has 0 unspecified atom stereocenters. The van der Waals surface area contributed by atoms with Crippen LogP contribution in [0.3, 0.4) is 0 Å². The topological polar surface area (TPSA) is 120 Å². The van der Waals surface area contributed by atoms with Gasteiger partial charge in [0.15, 0.2) is 0 Å². The first-order valence-corrected chi connectivity index (χ1v) is 28.3. The molecule has 0 saturated heterocycles. The zero-order valence-electron chi connectivity index (χ0n) is 46.7. The van der Waals surface area contributed by atoms with Crippen molar-refractivity contribution in [2.45, 2.75) is 0 Å². The fourth-order valence-corrected chi connectivity index (χ4v) is 12.0. The number of hydrogen-bond acceptors (Lipinski definition) is 5. The van der Waals surface area contributed by atoms with Gasteiger partial charge in [0.25, 0.3) is 0 Å². The van der Waals surface area contributed by atoms with Gasteiger partial charge in [0.05, 0.1) is 45.6 Å². The van der Waals surface area contributed by atoms with E-state index in [1.165, 1.54) is 0 Å². The molecule has 0 radical (unpaired) electrons. The Labute approximate surface area is 524 Å². The fraction of sp³-hybridized carbons (Fsp3) is 0. The SMILES string of the molecule is C1=Cc2nc1c(Nc1c3nc(c(-c4ccccc4)c4ccc([n-]4)c(-c4ccccc4)c4nc(c(-c5ccccc5)c5ccc1[n-]5)C=C4)C=C3)c1ccc([n-]1)c(-c1ccccc1)c1nc(c(-c3ccccc3)c3ccc([n-]3)c2-c2ccccc2)C=C1.[Ni+2].[Zn+2]. The second kappa shape index (κ2) is 23.1. The molecule has 4 aliphatic heterocycles. The third kappa shape index (κ3) is 10.0. The maximum Gasteiger partial charge on any atom is 2.00 e. The van der Waals surface area contributed by atoms with Crippen LogP contribution in [0.15, 0.2) is 231 Å². The first-order valence-electron chi connectivity index (χ1n) is 28.3. The molecular formula is C76H47N9NiZn. The first-order chi connectivity index (χ1) is 42.1. The zero-order chi connectivity index (χ0) is 56.2. The number of benzene rings is 6. The van der Waals surface area contributed by atoms with E-state index in [-0.39, 0.29) is 36.0 Å². The Morgan fingerprint density at radius 2 is 0.379 bits per heavy atom. The van der Waals surface area contributed by atoms with Crippen molar-refractivity contribution in [3.05, 3.63) is 276 Å². The van der Waals surface area contributed by atoms with Crippen LogP contribution in [0.4, 0.5) is 11.4 Å². The van der Waals surface area contributed by atoms with Crippen LogP contribution in [-0.4, -0.2) is 19.9 Å². The minimum atomic E-state index is 0. The number of nitrogens with one attached hydrogen (secondary N) is 1. The fourth-order valence-electron chi connectivity index (χ4n) is 12.0. The van der Waals surface area contributed by atoms with Gasteiger partial charge in [-0.05, 0) is 115 Å². The number of rotatable bonds is 8. The van der Waals surface area contributed by atoms with E-state index in [0.717, 1.165) is 134 Å². The predicted molar refractivity (Wildman–Crippen MR) is 349 cm³/mol. The van der Waals surface area contributed by atoms with Crippen LogP contribution in [0.25, 0.3) is 160 Å². The molecule has 408 valence electrons. The molecule has 0 saturated carbocycles. The van der Waals surface area contributed by atoms with E-state index in [4.69, 9.17) is 39.9 Å². The minimum Gasteiger partial charge on any atom is -0.657 e. The molecule has 16 bridgehead atoms. The van der Waals surface area contributed by atoms with Crippen molar-refractivity contribution in [2.75, 3.05) is 5.32 Å². The summed E-state index contributed by atoms with van der Waals surface area (Å²) in [5, 5.41) is 3.99. The molecular weight excluding hydrogens is 1160 g/mol. The maximum absolute atomic E-state index is 5.58. The van der Waals surface area contributed by atoms with Gasteiger partial charge in [-0.15, -0.1) is 44.1 Å². The van der Waals surface area contributed by atoms with Crippen molar-refractivity contribution in [3.63, 3.8) is 0 Å². The number of hydrogen-bond donors (Lipinski definition) is 1. The summed E-state index contributed by atoms with van der Waals surface area (Å²) in [6.45, 7) is 0. The standard InChI is InChI=1S/C76H47N9.Ni.Zn/c1-7-19-47(20-8-1)69-53-31-35-57(77-53)71(49-23-11-3-12-24-49)61-39-43-65(81-61)75(66-44-40-62(82-66)72(50-25-13-4-14-26-50)58-36-32-54(69)78-58)85-76-67-45-41-63(83-67)73(51-27-15-5-16-28-51)59-37-33-55(79-59)70(48-21-9-2-10-22-48)56-34-38-60(80-56)74(52-29-17-6-18-30-52)64-42-46-68(76)84-64;;/h1-46,85H;;/q-4;2*+2. The van der Waals surface area contributed by atoms with Crippen LogP contribution in [0.5, 0.6) is 0 Å². The Balaban J connectivity index is 0.00000333. The predicted octanol–water partition coefficient (Wildman–Crippen LogP) is 17.9. The molecule has 6 aromatic carbocycles. The Hall–Kier alpha value is -10.6. The van der Waals surface area contributed by atoms with Crippen molar-refractivity contribution in [3.8, 4) is 66.8 Å². The molecule has 0 spiro atoms. The number of anilines is 2. The molecule has 4 aliphatic rings. The van der Waals surface area contributed by atoms with E-state index >= 15 is 0 Å². The van der Waals surface area contributed by atoms with Gasteiger partial charge in [-0.2, -0.15) is 0 Å². The van der Waals surface area contributed by atoms with E-state index in [0.29, 0.717) is 33.8 Å². The van der Waals surface area contributed by atoms with Crippen LogP contribution < -0.4 is 25.3 Å². The Morgan fingerprint density at radius 1 is 0.207 bits per heavy atom. The van der Waals surface area contributed by atoms with E-state index in [9.17, 15) is 0 Å². The van der Waals surface area contributed by atoms with Crippen LogP contribution in [0, 0.1) is 0 Å². The molecule has 16 rings (SSSR count). The summed E-state index contributed by atoms with van der Waals surface area (Å²) >= 11 is 0. The molecule has 11 heteroatoms. The van der Waals surface area contributed by atoms with Gasteiger partial charge in [0, 0.05) is 11.4 Å². The third-order valence-corrected chi connectivity index (χ3v) is 15.8. The van der Waals surface area contributed by atoms with Gasteiger partial charge in [-0.25, -0.2) is 19.9 Å². The number of fused-ring (bicyclic) bond motifs is 16. The quantitative estimate of drug-likeness (QED) is 0.148. The van der Waals surface area contributed by atoms with Crippen molar-refractivity contribution in [1.29, 1.82) is 0 Å². The maximum atomic E-state index is 5.58. The van der Waals surface area contributed by atoms with Gasteiger partial charge < -0.3 is 25.3 Å². The molecule has 9 nitrogen and oxygen atoms in total. The summed E-state index contributed by atoms with van der Waals surface area (Å²) in [4.78, 5) is 44.2. The Kier molecular flexibility index (Phi) is 14.5.